The molecule has 8 rings (SSSR count). The average Bonchev–Trinajstić information content (AvgIpc) is 3.47. The van der Waals surface area contributed by atoms with Crippen molar-refractivity contribution < 1.29 is 0 Å². The Morgan fingerprint density at radius 1 is 0.727 bits per heavy atom. The first-order valence-electron chi connectivity index (χ1n) is 15.1. The Hall–Kier alpha value is -5.72. The van der Waals surface area contributed by atoms with Crippen molar-refractivity contribution in [2.45, 2.75) is 13.3 Å². The largest absolute Gasteiger partial charge is 0.293 e. The molecule has 1 heterocycles. The zero-order valence-corrected chi connectivity index (χ0v) is 24.4. The van der Waals surface area contributed by atoms with Crippen LogP contribution >= 0.6 is 0 Å². The Morgan fingerprint density at radius 3 is 2.27 bits per heavy atom. The molecule has 3 heteroatoms. The number of aromatic nitrogens is 2. The molecule has 1 aliphatic carbocycles. The second kappa shape index (κ2) is 10.5. The van der Waals surface area contributed by atoms with Crippen molar-refractivity contribution in [2.75, 3.05) is 0 Å². The molecule has 6 aromatic carbocycles. The van der Waals surface area contributed by atoms with E-state index >= 15 is 0 Å². The minimum atomic E-state index is 0.523. The number of rotatable bonds is 4. The topological polar surface area (TPSA) is 41.6 Å². The highest BCUT2D eigenvalue weighted by atomic mass is 15.1. The van der Waals surface area contributed by atoms with E-state index in [9.17, 15) is 5.26 Å². The lowest BCUT2D eigenvalue weighted by Gasteiger charge is -2.19. The van der Waals surface area contributed by atoms with Gasteiger partial charge in [0.05, 0.1) is 22.7 Å². The van der Waals surface area contributed by atoms with Crippen LogP contribution in [-0.4, -0.2) is 9.55 Å². The Balaban J connectivity index is 1.43. The summed E-state index contributed by atoms with van der Waals surface area (Å²) >= 11 is 0. The summed E-state index contributed by atoms with van der Waals surface area (Å²) in [6, 6.07) is 44.8. The van der Waals surface area contributed by atoms with Crippen LogP contribution in [0.2, 0.25) is 0 Å². The number of benzene rings is 6. The van der Waals surface area contributed by atoms with E-state index in [1.54, 1.807) is 0 Å². The normalized spacial score (nSPS) is 14.6. The maximum Gasteiger partial charge on any atom is 0.146 e. The predicted molar refractivity (Wildman–Crippen MR) is 183 cm³/mol. The molecule has 0 radical (unpaired) electrons. The SMILES string of the molecule is CC1C=CC(n2c(-c3cc(-c4ccc5ccccc5c4-c4ccc(C#N)cc4)cc4ccccc34)nc3ccccc32)=CC1. The molecule has 7 aromatic rings. The van der Waals surface area contributed by atoms with Crippen LogP contribution in [0.3, 0.4) is 0 Å². The molecule has 3 nitrogen and oxygen atoms in total. The van der Waals surface area contributed by atoms with Gasteiger partial charge in [-0.25, -0.2) is 4.98 Å². The van der Waals surface area contributed by atoms with E-state index in [-0.39, 0.29) is 0 Å². The molecular weight excluding hydrogens is 534 g/mol. The van der Waals surface area contributed by atoms with Gasteiger partial charge in [-0.1, -0.05) is 104 Å². The summed E-state index contributed by atoms with van der Waals surface area (Å²) in [5.41, 5.74) is 9.52. The summed E-state index contributed by atoms with van der Waals surface area (Å²) in [7, 11) is 0. The zero-order valence-electron chi connectivity index (χ0n) is 24.4. The van der Waals surface area contributed by atoms with Crippen molar-refractivity contribution in [1.82, 2.24) is 9.55 Å². The molecular formula is C41H29N3. The van der Waals surface area contributed by atoms with Crippen LogP contribution in [0.15, 0.2) is 140 Å². The minimum Gasteiger partial charge on any atom is -0.293 e. The van der Waals surface area contributed by atoms with Crippen molar-refractivity contribution in [3.8, 4) is 39.7 Å². The molecule has 0 bridgehead atoms. The zero-order chi connectivity index (χ0) is 29.6. The van der Waals surface area contributed by atoms with Crippen LogP contribution < -0.4 is 0 Å². The van der Waals surface area contributed by atoms with E-state index in [0.29, 0.717) is 11.5 Å². The molecule has 0 fully saturated rings. The number of fused-ring (bicyclic) bond motifs is 3. The van der Waals surface area contributed by atoms with Gasteiger partial charge in [0, 0.05) is 11.3 Å². The second-order valence-corrected chi connectivity index (χ2v) is 11.6. The smallest absolute Gasteiger partial charge is 0.146 e. The molecule has 0 N–H and O–H groups in total. The average molecular weight is 564 g/mol. The minimum absolute atomic E-state index is 0.523. The summed E-state index contributed by atoms with van der Waals surface area (Å²) < 4.78 is 2.32. The van der Waals surface area contributed by atoms with Gasteiger partial charge in [-0.2, -0.15) is 5.26 Å². The third-order valence-electron chi connectivity index (χ3n) is 8.76. The molecule has 0 aliphatic heterocycles. The Bertz CT molecular complexity index is 2330. The number of imidazole rings is 1. The first kappa shape index (κ1) is 25.9. The van der Waals surface area contributed by atoms with Gasteiger partial charge < -0.3 is 0 Å². The number of hydrogen-bond acceptors (Lipinski definition) is 2. The first-order valence-corrected chi connectivity index (χ1v) is 15.1. The summed E-state index contributed by atoms with van der Waals surface area (Å²) in [6.07, 6.45) is 7.87. The summed E-state index contributed by atoms with van der Waals surface area (Å²) in [5.74, 6) is 1.46. The molecule has 0 spiro atoms. The fourth-order valence-corrected chi connectivity index (χ4v) is 6.54. The molecule has 1 atom stereocenters. The van der Waals surface area contributed by atoms with Crippen LogP contribution in [0, 0.1) is 17.2 Å². The third-order valence-corrected chi connectivity index (χ3v) is 8.76. The van der Waals surface area contributed by atoms with E-state index in [1.807, 2.05) is 12.1 Å². The number of allylic oxidation sites excluding steroid dienone is 4. The molecule has 0 saturated carbocycles. The molecule has 0 saturated heterocycles. The van der Waals surface area contributed by atoms with Gasteiger partial charge >= 0.3 is 0 Å². The van der Waals surface area contributed by atoms with Crippen LogP contribution in [0.4, 0.5) is 0 Å². The molecule has 0 amide bonds. The summed E-state index contributed by atoms with van der Waals surface area (Å²) in [5, 5.41) is 14.2. The van der Waals surface area contributed by atoms with Crippen molar-refractivity contribution >= 4 is 38.3 Å². The van der Waals surface area contributed by atoms with Gasteiger partial charge in [0.1, 0.15) is 5.82 Å². The Kier molecular flexibility index (Phi) is 6.21. The van der Waals surface area contributed by atoms with E-state index < -0.39 is 0 Å². The monoisotopic (exact) mass is 563 g/mol. The van der Waals surface area contributed by atoms with E-state index in [0.717, 1.165) is 56.8 Å². The van der Waals surface area contributed by atoms with Gasteiger partial charge in [0.15, 0.2) is 0 Å². The highest BCUT2D eigenvalue weighted by Gasteiger charge is 2.20. The predicted octanol–water partition coefficient (Wildman–Crippen LogP) is 10.7. The van der Waals surface area contributed by atoms with Crippen LogP contribution in [-0.2, 0) is 0 Å². The lowest BCUT2D eigenvalue weighted by atomic mass is 9.87. The van der Waals surface area contributed by atoms with Crippen molar-refractivity contribution in [3.63, 3.8) is 0 Å². The molecule has 44 heavy (non-hydrogen) atoms. The molecule has 1 aliphatic rings. The standard InChI is InChI=1S/C41H29N3/c1-27-14-21-33(22-15-27)44-39-13-7-6-12-38(39)43-41(44)37-25-32(24-31-9-3-4-10-34(31)37)36-23-20-29-8-2-5-11-35(29)40(36)30-18-16-28(26-42)17-19-30/h2-14,16-25,27H,15H2,1H3. The Labute approximate surface area is 256 Å². The van der Waals surface area contributed by atoms with E-state index in [4.69, 9.17) is 4.98 Å². The van der Waals surface area contributed by atoms with Gasteiger partial charge in [0.2, 0.25) is 0 Å². The van der Waals surface area contributed by atoms with Crippen molar-refractivity contribution in [1.29, 1.82) is 5.26 Å². The number of hydrogen-bond donors (Lipinski definition) is 0. The highest BCUT2D eigenvalue weighted by Crippen LogP contribution is 2.42. The van der Waals surface area contributed by atoms with E-state index in [2.05, 4.69) is 145 Å². The van der Waals surface area contributed by atoms with Crippen LogP contribution in [0.25, 0.3) is 71.9 Å². The number of nitrogens with zero attached hydrogens (tertiary/aromatic N) is 3. The quantitative estimate of drug-likeness (QED) is 0.214. The third kappa shape index (κ3) is 4.32. The van der Waals surface area contributed by atoms with Gasteiger partial charge in [-0.3, -0.25) is 4.57 Å². The van der Waals surface area contributed by atoms with Crippen LogP contribution in [0.5, 0.6) is 0 Å². The molecule has 1 aromatic heterocycles. The second-order valence-electron chi connectivity index (χ2n) is 11.6. The maximum atomic E-state index is 9.46. The van der Waals surface area contributed by atoms with Gasteiger partial charge in [-0.05, 0) is 98.6 Å². The van der Waals surface area contributed by atoms with Crippen LogP contribution in [0.1, 0.15) is 18.9 Å². The number of nitriles is 1. The lowest BCUT2D eigenvalue weighted by Crippen LogP contribution is -2.03. The van der Waals surface area contributed by atoms with Gasteiger partial charge in [0.25, 0.3) is 0 Å². The van der Waals surface area contributed by atoms with Crippen molar-refractivity contribution in [2.24, 2.45) is 5.92 Å². The fourth-order valence-electron chi connectivity index (χ4n) is 6.54. The van der Waals surface area contributed by atoms with E-state index in [1.165, 1.54) is 21.5 Å². The highest BCUT2D eigenvalue weighted by molar-refractivity contribution is 6.07. The summed E-state index contributed by atoms with van der Waals surface area (Å²) in [4.78, 5) is 5.27. The Morgan fingerprint density at radius 2 is 1.48 bits per heavy atom. The lowest BCUT2D eigenvalue weighted by molar-refractivity contribution is 0.735. The van der Waals surface area contributed by atoms with Crippen molar-refractivity contribution in [3.05, 3.63) is 145 Å². The summed E-state index contributed by atoms with van der Waals surface area (Å²) in [6.45, 7) is 2.25. The van der Waals surface area contributed by atoms with Gasteiger partial charge in [-0.15, -0.1) is 0 Å². The molecule has 1 unspecified atom stereocenters. The first-order chi connectivity index (χ1) is 21.7. The number of para-hydroxylation sites is 2. The molecule has 208 valence electrons. The maximum absolute atomic E-state index is 9.46. The fraction of sp³-hybridized carbons (Fsp3) is 0.0732.